The van der Waals surface area contributed by atoms with E-state index in [0.717, 1.165) is 22.0 Å². The highest BCUT2D eigenvalue weighted by Crippen LogP contribution is 2.30. The van der Waals surface area contributed by atoms with Gasteiger partial charge in [-0.1, -0.05) is 17.7 Å². The van der Waals surface area contributed by atoms with E-state index in [1.54, 1.807) is 36.2 Å². The Labute approximate surface area is 229 Å². The maximum Gasteiger partial charge on any atom is 0.319 e. The number of hydrogen-bond acceptors (Lipinski definition) is 6. The van der Waals surface area contributed by atoms with Gasteiger partial charge in [0.1, 0.15) is 16.7 Å². The third-order valence-electron chi connectivity index (χ3n) is 5.62. The number of amides is 3. The second-order valence-electron chi connectivity index (χ2n) is 8.61. The average Bonchev–Trinajstić information content (AvgIpc) is 2.93. The monoisotopic (exact) mass is 566 g/mol. The Hall–Kier alpha value is -3.57. The average molecular weight is 567 g/mol. The molecule has 39 heavy (non-hydrogen) atoms. The van der Waals surface area contributed by atoms with E-state index in [0.29, 0.717) is 19.7 Å². The van der Waals surface area contributed by atoms with Crippen LogP contribution in [0.15, 0.2) is 41.3 Å². The fraction of sp³-hybridized carbons (Fsp3) is 0.385. The van der Waals surface area contributed by atoms with Crippen LogP contribution < -0.4 is 10.2 Å². The van der Waals surface area contributed by atoms with Gasteiger partial charge in [0.15, 0.2) is 17.4 Å². The Bertz CT molecular complexity index is 1160. The Morgan fingerprint density at radius 2 is 1.82 bits per heavy atom. The largest absolute Gasteiger partial charge is 0.451 e. The lowest BCUT2D eigenvalue weighted by atomic mass is 10.2. The number of nitrogens with zero attached hydrogens (tertiary/aromatic N) is 3. The van der Waals surface area contributed by atoms with Gasteiger partial charge in [0.2, 0.25) is 0 Å². The molecule has 0 radical (unpaired) electrons. The number of carbonyl (C=O) groups excluding carboxylic acids is 2. The molecule has 1 heterocycles. The zero-order chi connectivity index (χ0) is 29.1. The lowest BCUT2D eigenvalue weighted by Crippen LogP contribution is -2.51. The Morgan fingerprint density at radius 3 is 2.38 bits per heavy atom. The summed E-state index contributed by atoms with van der Waals surface area (Å²) in [5, 5.41) is 8.93. The van der Waals surface area contributed by atoms with E-state index in [1.165, 1.54) is 10.4 Å². The molecule has 212 valence electrons. The van der Waals surface area contributed by atoms with Crippen LogP contribution in [-0.2, 0) is 20.5 Å². The van der Waals surface area contributed by atoms with Gasteiger partial charge < -0.3 is 19.3 Å². The predicted octanol–water partition coefficient (Wildman–Crippen LogP) is 2.92. The number of likely N-dealkylation sites (N-methyl/N-ethyl adjacent to an activating group) is 1. The minimum absolute atomic E-state index is 0.0502. The molecule has 3 rings (SSSR count). The number of hydroxylamine groups is 1. The molecule has 2 aromatic carbocycles. The normalized spacial score (nSPS) is 15.6. The zero-order valence-corrected chi connectivity index (χ0v) is 22.7. The Balaban J connectivity index is 0.00000260. The maximum absolute atomic E-state index is 14.8. The van der Waals surface area contributed by atoms with E-state index in [-0.39, 0.29) is 35.9 Å². The molecule has 1 aliphatic heterocycles. The summed E-state index contributed by atoms with van der Waals surface area (Å²) in [7, 11) is -0.660. The third-order valence-corrected chi connectivity index (χ3v) is 7.04. The van der Waals surface area contributed by atoms with Gasteiger partial charge in [0.25, 0.3) is 5.91 Å². The van der Waals surface area contributed by atoms with Crippen molar-refractivity contribution in [1.29, 1.82) is 0 Å². The van der Waals surface area contributed by atoms with Gasteiger partial charge in [-0.05, 0) is 38.1 Å². The summed E-state index contributed by atoms with van der Waals surface area (Å²) < 4.78 is 54.6. The highest BCUT2D eigenvalue weighted by atomic mass is 32.2. The highest BCUT2D eigenvalue weighted by Gasteiger charge is 2.26. The first-order valence-electron chi connectivity index (χ1n) is 11.9. The number of morpholine rings is 1. The van der Waals surface area contributed by atoms with E-state index in [2.05, 4.69) is 12.8 Å². The summed E-state index contributed by atoms with van der Waals surface area (Å²) in [6.45, 7) is 4.37. The molecule has 3 amide bonds. The van der Waals surface area contributed by atoms with Crippen molar-refractivity contribution in [2.75, 3.05) is 46.4 Å². The lowest BCUT2D eigenvalue weighted by Gasteiger charge is -2.34. The number of ether oxygens (including phenoxy) is 2. The first kappa shape index (κ1) is 31.6. The molecule has 0 spiro atoms. The topological polar surface area (TPSA) is 112 Å². The fourth-order valence-electron chi connectivity index (χ4n) is 3.62. The summed E-state index contributed by atoms with van der Waals surface area (Å²) in [5.41, 5.74) is 2.39. The lowest BCUT2D eigenvalue weighted by molar-refractivity contribution is -0.129. The van der Waals surface area contributed by atoms with Gasteiger partial charge >= 0.3 is 6.03 Å². The van der Waals surface area contributed by atoms with Crippen LogP contribution >= 0.6 is 0 Å². The summed E-state index contributed by atoms with van der Waals surface area (Å²) >= 11 is 0. The number of carbonyl (C=O) groups is 2. The van der Waals surface area contributed by atoms with E-state index < -0.39 is 40.8 Å². The Morgan fingerprint density at radius 1 is 1.21 bits per heavy atom. The van der Waals surface area contributed by atoms with Gasteiger partial charge in [-0.15, -0.1) is 12.8 Å². The van der Waals surface area contributed by atoms with E-state index in [4.69, 9.17) is 14.7 Å². The van der Waals surface area contributed by atoms with Crippen molar-refractivity contribution in [3.8, 4) is 24.3 Å². The quantitative estimate of drug-likeness (QED) is 0.274. The van der Waals surface area contributed by atoms with E-state index in [9.17, 15) is 22.6 Å². The summed E-state index contributed by atoms with van der Waals surface area (Å²) in [5.74, 6) is -3.48. The molecule has 2 atom stereocenters. The second-order valence-corrected chi connectivity index (χ2v) is 10.1. The molecule has 13 heteroatoms. The number of terminal acetylenes is 1. The number of benzene rings is 2. The molecule has 0 aliphatic carbocycles. The number of nitrogens with one attached hydrogen (secondary N) is 1. The van der Waals surface area contributed by atoms with Gasteiger partial charge in [0, 0.05) is 33.2 Å². The predicted molar refractivity (Wildman–Crippen MR) is 140 cm³/mol. The molecule has 2 unspecified atom stereocenters. The SMILES string of the molecule is C#C.Cc1ccc(Oc2c(F)cc(S(=O)N(CCN(C)C(=O)N3CCOC(C)C3)CC(=O)NO)cc2F)cc1. The van der Waals surface area contributed by atoms with Crippen molar-refractivity contribution >= 4 is 22.9 Å². The minimum Gasteiger partial charge on any atom is -0.451 e. The van der Waals surface area contributed by atoms with Crippen LogP contribution in [0.1, 0.15) is 12.5 Å². The molecule has 2 N–H and O–H groups in total. The van der Waals surface area contributed by atoms with Gasteiger partial charge in [-0.3, -0.25) is 10.0 Å². The molecule has 1 saturated heterocycles. The highest BCUT2D eigenvalue weighted by molar-refractivity contribution is 7.82. The van der Waals surface area contributed by atoms with Gasteiger partial charge in [-0.25, -0.2) is 27.6 Å². The first-order valence-corrected chi connectivity index (χ1v) is 13.0. The zero-order valence-electron chi connectivity index (χ0n) is 21.9. The molecular weight excluding hydrogens is 534 g/mol. The van der Waals surface area contributed by atoms with Crippen LogP contribution in [0.25, 0.3) is 0 Å². The molecule has 2 aromatic rings. The number of halogens is 2. The van der Waals surface area contributed by atoms with E-state index in [1.807, 2.05) is 13.8 Å². The third kappa shape index (κ3) is 9.00. The number of rotatable bonds is 9. The smallest absolute Gasteiger partial charge is 0.319 e. The molecule has 0 aromatic heterocycles. The van der Waals surface area contributed by atoms with Crippen molar-refractivity contribution in [2.45, 2.75) is 24.8 Å². The van der Waals surface area contributed by atoms with Crippen LogP contribution in [0.2, 0.25) is 0 Å². The summed E-state index contributed by atoms with van der Waals surface area (Å²) in [6.07, 6.45) is 7.89. The van der Waals surface area contributed by atoms with Crippen molar-refractivity contribution in [3.63, 3.8) is 0 Å². The molecule has 0 bridgehead atoms. The van der Waals surface area contributed by atoms with Crippen molar-refractivity contribution < 1.29 is 37.3 Å². The molecule has 1 fully saturated rings. The first-order chi connectivity index (χ1) is 18.6. The van der Waals surface area contributed by atoms with Gasteiger partial charge in [-0.2, -0.15) is 0 Å². The van der Waals surface area contributed by atoms with Crippen LogP contribution in [0, 0.1) is 31.4 Å². The summed E-state index contributed by atoms with van der Waals surface area (Å²) in [4.78, 5) is 27.3. The molecule has 1 aliphatic rings. The number of hydrogen-bond donors (Lipinski definition) is 2. The molecule has 0 saturated carbocycles. The summed E-state index contributed by atoms with van der Waals surface area (Å²) in [6, 6.07) is 8.00. The maximum atomic E-state index is 14.8. The Kier molecular flexibility index (Phi) is 12.3. The molecule has 10 nitrogen and oxygen atoms in total. The van der Waals surface area contributed by atoms with Crippen molar-refractivity contribution in [3.05, 3.63) is 53.6 Å². The van der Waals surface area contributed by atoms with Gasteiger partial charge in [0.05, 0.1) is 24.2 Å². The van der Waals surface area contributed by atoms with E-state index >= 15 is 0 Å². The minimum atomic E-state index is -2.21. The van der Waals surface area contributed by atoms with Crippen LogP contribution in [0.5, 0.6) is 11.5 Å². The van der Waals surface area contributed by atoms with Crippen molar-refractivity contribution in [1.82, 2.24) is 19.6 Å². The second kappa shape index (κ2) is 15.1. The standard InChI is InChI=1S/C24H30F2N4O6S.C2H2/c1-16-4-6-18(7-5-16)36-23-20(25)12-19(13-21(23)26)37(34)30(15-22(31)27-33)9-8-28(3)24(32)29-10-11-35-17(2)14-29;1-2/h4-7,12-13,17,33H,8-11,14-15H2,1-3H3,(H,27,31);1-2H. The van der Waals surface area contributed by atoms with Crippen LogP contribution in [-0.4, -0.2) is 87.9 Å². The number of aryl methyl sites for hydroxylation is 1. The fourth-order valence-corrected chi connectivity index (χ4v) is 4.80. The van der Waals surface area contributed by atoms with Crippen LogP contribution in [0.3, 0.4) is 0 Å². The van der Waals surface area contributed by atoms with Crippen molar-refractivity contribution in [2.24, 2.45) is 0 Å². The number of urea groups is 1. The molecular formula is C26H32F2N4O6S. The van der Waals surface area contributed by atoms with Crippen LogP contribution in [0.4, 0.5) is 13.6 Å².